The lowest BCUT2D eigenvalue weighted by atomic mass is 9.97. The first-order valence-electron chi connectivity index (χ1n) is 6.58. The van der Waals surface area contributed by atoms with Crippen molar-refractivity contribution in [2.75, 3.05) is 6.54 Å². The van der Waals surface area contributed by atoms with Crippen LogP contribution in [0.15, 0.2) is 39.3 Å². The Morgan fingerprint density at radius 1 is 1.24 bits per heavy atom. The summed E-state index contributed by atoms with van der Waals surface area (Å²) in [6, 6.07) is 8.80. The minimum atomic E-state index is -0.286. The van der Waals surface area contributed by atoms with E-state index in [-0.39, 0.29) is 11.9 Å². The van der Waals surface area contributed by atoms with E-state index in [0.717, 1.165) is 22.1 Å². The highest BCUT2D eigenvalue weighted by Crippen LogP contribution is 2.35. The summed E-state index contributed by atoms with van der Waals surface area (Å²) in [5.41, 5.74) is 2.64. The van der Waals surface area contributed by atoms with E-state index in [2.05, 4.69) is 37.2 Å². The summed E-state index contributed by atoms with van der Waals surface area (Å²) in [6.45, 7) is 4.73. The lowest BCUT2D eigenvalue weighted by molar-refractivity contribution is 0.557. The van der Waals surface area contributed by atoms with Crippen molar-refractivity contribution < 1.29 is 4.39 Å². The first kappa shape index (κ1) is 16.9. The molecule has 0 spiro atoms. The third-order valence-corrected chi connectivity index (χ3v) is 5.57. The van der Waals surface area contributed by atoms with Gasteiger partial charge in [0.15, 0.2) is 0 Å². The average molecular weight is 436 g/mol. The first-order valence-corrected chi connectivity index (χ1v) is 8.55. The van der Waals surface area contributed by atoms with Crippen molar-refractivity contribution in [3.05, 3.63) is 66.8 Å². The third-order valence-electron chi connectivity index (χ3n) is 3.29. The predicted molar refractivity (Wildman–Crippen MR) is 93.5 cm³/mol. The lowest BCUT2D eigenvalue weighted by Gasteiger charge is -2.22. The monoisotopic (exact) mass is 433 g/mol. The van der Waals surface area contributed by atoms with Gasteiger partial charge in [-0.25, -0.2) is 4.39 Å². The molecular weight excluding hydrogens is 420 g/mol. The Kier molecular flexibility index (Phi) is 5.83. The smallest absolute Gasteiger partial charge is 0.129 e. The highest BCUT2D eigenvalue weighted by atomic mass is 79.9. The van der Waals surface area contributed by atoms with Crippen LogP contribution in [0.25, 0.3) is 0 Å². The lowest BCUT2D eigenvalue weighted by Crippen LogP contribution is -2.23. The normalized spacial score (nSPS) is 12.5. The molecule has 21 heavy (non-hydrogen) atoms. The maximum absolute atomic E-state index is 14.4. The summed E-state index contributed by atoms with van der Waals surface area (Å²) in [5.74, 6) is -0.286. The summed E-state index contributed by atoms with van der Waals surface area (Å²) < 4.78 is 15.9. The summed E-state index contributed by atoms with van der Waals surface area (Å²) in [4.78, 5) is 0. The predicted octanol–water partition coefficient (Wildman–Crippen LogP) is 6.01. The summed E-state index contributed by atoms with van der Waals surface area (Å²) in [7, 11) is 0. The molecule has 0 saturated heterocycles. The van der Waals surface area contributed by atoms with E-state index in [1.807, 2.05) is 32.0 Å². The van der Waals surface area contributed by atoms with E-state index in [1.54, 1.807) is 6.07 Å². The van der Waals surface area contributed by atoms with Gasteiger partial charge in [-0.15, -0.1) is 0 Å². The van der Waals surface area contributed by atoms with Gasteiger partial charge in [0.1, 0.15) is 5.82 Å². The number of benzene rings is 2. The van der Waals surface area contributed by atoms with Gasteiger partial charge in [-0.3, -0.25) is 0 Å². The van der Waals surface area contributed by atoms with Crippen LogP contribution in [-0.4, -0.2) is 6.54 Å². The zero-order valence-electron chi connectivity index (χ0n) is 11.7. The topological polar surface area (TPSA) is 12.0 Å². The van der Waals surface area contributed by atoms with Gasteiger partial charge in [0, 0.05) is 14.5 Å². The van der Waals surface area contributed by atoms with Crippen molar-refractivity contribution in [3.63, 3.8) is 0 Å². The Labute approximate surface area is 146 Å². The van der Waals surface area contributed by atoms with E-state index < -0.39 is 0 Å². The number of halogens is 4. The molecule has 2 aromatic carbocycles. The Hall–Kier alpha value is -0.420. The van der Waals surface area contributed by atoms with E-state index in [1.165, 1.54) is 6.07 Å². The zero-order chi connectivity index (χ0) is 15.6. The molecule has 5 heteroatoms. The largest absolute Gasteiger partial charge is 0.306 e. The van der Waals surface area contributed by atoms with Crippen LogP contribution in [0.4, 0.5) is 4.39 Å². The second-order valence-electron chi connectivity index (χ2n) is 4.76. The summed E-state index contributed by atoms with van der Waals surface area (Å²) in [6.07, 6.45) is 0. The minimum Gasteiger partial charge on any atom is -0.306 e. The van der Waals surface area contributed by atoms with Crippen LogP contribution in [0.3, 0.4) is 0 Å². The van der Waals surface area contributed by atoms with Crippen LogP contribution in [0.1, 0.15) is 29.7 Å². The molecule has 1 N–H and O–H groups in total. The molecule has 1 nitrogen and oxygen atoms in total. The molecule has 0 radical (unpaired) electrons. The molecule has 0 amide bonds. The number of hydrogen-bond acceptors (Lipinski definition) is 1. The standard InChI is InChI=1S/C16H15Br2ClFN/c1-3-21-16(10-6-4-5-9(2)15(10)18)11-7-13(19)12(17)8-14(11)20/h4-8,16,21H,3H2,1-2H3. The number of hydrogen-bond donors (Lipinski definition) is 1. The zero-order valence-corrected chi connectivity index (χ0v) is 15.6. The van der Waals surface area contributed by atoms with Crippen molar-refractivity contribution in [2.45, 2.75) is 19.9 Å². The molecule has 0 aromatic heterocycles. The van der Waals surface area contributed by atoms with Gasteiger partial charge in [-0.1, -0.05) is 52.7 Å². The van der Waals surface area contributed by atoms with Crippen molar-refractivity contribution in [1.82, 2.24) is 5.32 Å². The van der Waals surface area contributed by atoms with Crippen molar-refractivity contribution in [1.29, 1.82) is 0 Å². The minimum absolute atomic E-state index is 0.255. The van der Waals surface area contributed by atoms with E-state index in [9.17, 15) is 4.39 Å². The number of aryl methyl sites for hydroxylation is 1. The molecule has 0 saturated carbocycles. The molecule has 112 valence electrons. The Balaban J connectivity index is 2.59. The van der Waals surface area contributed by atoms with Crippen molar-refractivity contribution in [3.8, 4) is 0 Å². The molecule has 0 aliphatic heterocycles. The molecule has 0 aliphatic rings. The number of nitrogens with one attached hydrogen (secondary N) is 1. The fourth-order valence-corrected chi connectivity index (χ4v) is 3.22. The second-order valence-corrected chi connectivity index (χ2v) is 6.81. The summed E-state index contributed by atoms with van der Waals surface area (Å²) in [5, 5.41) is 3.83. The van der Waals surface area contributed by atoms with Gasteiger partial charge >= 0.3 is 0 Å². The van der Waals surface area contributed by atoms with E-state index >= 15 is 0 Å². The van der Waals surface area contributed by atoms with Gasteiger partial charge in [-0.05, 0) is 52.7 Å². The highest BCUT2D eigenvalue weighted by molar-refractivity contribution is 9.10. The molecule has 2 rings (SSSR count). The Morgan fingerprint density at radius 3 is 2.62 bits per heavy atom. The van der Waals surface area contributed by atoms with Crippen LogP contribution in [0, 0.1) is 12.7 Å². The van der Waals surface area contributed by atoms with Gasteiger partial charge < -0.3 is 5.32 Å². The third kappa shape index (κ3) is 3.67. The maximum Gasteiger partial charge on any atom is 0.129 e. The average Bonchev–Trinajstić information content (AvgIpc) is 2.44. The first-order chi connectivity index (χ1) is 9.95. The van der Waals surface area contributed by atoms with Gasteiger partial charge in [0.2, 0.25) is 0 Å². The van der Waals surface area contributed by atoms with Gasteiger partial charge in [-0.2, -0.15) is 0 Å². The Bertz CT molecular complexity index is 661. The van der Waals surface area contributed by atoms with Crippen LogP contribution >= 0.6 is 43.5 Å². The molecular formula is C16H15Br2ClFN. The molecule has 1 unspecified atom stereocenters. The fourth-order valence-electron chi connectivity index (χ4n) is 2.24. The van der Waals surface area contributed by atoms with Gasteiger partial charge in [0.05, 0.1) is 11.1 Å². The van der Waals surface area contributed by atoms with E-state index in [0.29, 0.717) is 15.1 Å². The highest BCUT2D eigenvalue weighted by Gasteiger charge is 2.21. The Morgan fingerprint density at radius 2 is 1.95 bits per heavy atom. The molecule has 0 aliphatic carbocycles. The summed E-state index contributed by atoms with van der Waals surface area (Å²) >= 11 is 13.0. The molecule has 1 atom stereocenters. The molecule has 0 heterocycles. The van der Waals surface area contributed by atoms with Crippen molar-refractivity contribution >= 4 is 43.5 Å². The fraction of sp³-hybridized carbons (Fsp3) is 0.250. The van der Waals surface area contributed by atoms with Gasteiger partial charge in [0.25, 0.3) is 0 Å². The van der Waals surface area contributed by atoms with Crippen LogP contribution < -0.4 is 5.32 Å². The maximum atomic E-state index is 14.4. The molecule has 0 fully saturated rings. The number of rotatable bonds is 4. The van der Waals surface area contributed by atoms with Crippen LogP contribution in [-0.2, 0) is 0 Å². The van der Waals surface area contributed by atoms with Crippen LogP contribution in [0.2, 0.25) is 5.02 Å². The molecule has 2 aromatic rings. The molecule has 0 bridgehead atoms. The second kappa shape index (κ2) is 7.23. The van der Waals surface area contributed by atoms with Crippen LogP contribution in [0.5, 0.6) is 0 Å². The van der Waals surface area contributed by atoms with Crippen molar-refractivity contribution in [2.24, 2.45) is 0 Å². The SMILES string of the molecule is CCNC(c1cc(Cl)c(Br)cc1F)c1cccc(C)c1Br. The quantitative estimate of drug-likeness (QED) is 0.580. The van der Waals surface area contributed by atoms with E-state index in [4.69, 9.17) is 11.6 Å².